The van der Waals surface area contributed by atoms with E-state index in [4.69, 9.17) is 4.74 Å². The molecule has 0 saturated carbocycles. The maximum Gasteiger partial charge on any atom is 0.338 e. The summed E-state index contributed by atoms with van der Waals surface area (Å²) in [6.07, 6.45) is 1.88. The molecule has 8 heteroatoms. The first-order valence-corrected chi connectivity index (χ1v) is 12.8. The van der Waals surface area contributed by atoms with E-state index < -0.39 is 12.0 Å². The average Bonchev–Trinajstić information content (AvgIpc) is 3.30. The van der Waals surface area contributed by atoms with Gasteiger partial charge in [-0.25, -0.2) is 9.79 Å². The summed E-state index contributed by atoms with van der Waals surface area (Å²) in [4.78, 5) is 32.6. The molecule has 3 heterocycles. The van der Waals surface area contributed by atoms with E-state index in [1.54, 1.807) is 29.8 Å². The van der Waals surface area contributed by atoms with Crippen LogP contribution in [-0.4, -0.2) is 17.1 Å². The van der Waals surface area contributed by atoms with E-state index in [-0.39, 0.29) is 12.2 Å². The summed E-state index contributed by atoms with van der Waals surface area (Å²) in [5, 5.41) is 1.97. The first-order valence-electron chi connectivity index (χ1n) is 10.3. The van der Waals surface area contributed by atoms with Crippen LogP contribution >= 0.6 is 38.6 Å². The molecule has 32 heavy (non-hydrogen) atoms. The summed E-state index contributed by atoms with van der Waals surface area (Å²) in [6, 6.07) is 9.46. The molecule has 0 radical (unpaired) electrons. The maximum absolute atomic E-state index is 13.5. The van der Waals surface area contributed by atoms with Crippen LogP contribution in [0.2, 0.25) is 0 Å². The Morgan fingerprint density at radius 2 is 2.00 bits per heavy atom. The van der Waals surface area contributed by atoms with Gasteiger partial charge in [0, 0.05) is 9.35 Å². The summed E-state index contributed by atoms with van der Waals surface area (Å²) in [7, 11) is 0. The molecule has 0 amide bonds. The second-order valence-corrected chi connectivity index (χ2v) is 10.6. The van der Waals surface area contributed by atoms with Crippen molar-refractivity contribution in [2.75, 3.05) is 6.61 Å². The van der Waals surface area contributed by atoms with Crippen molar-refractivity contribution >= 4 is 50.6 Å². The summed E-state index contributed by atoms with van der Waals surface area (Å²) in [6.45, 7) is 8.10. The van der Waals surface area contributed by atoms with Gasteiger partial charge in [0.1, 0.15) is 0 Å². The number of nitrogens with zero attached hydrogens (tertiary/aromatic N) is 2. The van der Waals surface area contributed by atoms with Gasteiger partial charge in [-0.2, -0.15) is 0 Å². The van der Waals surface area contributed by atoms with Crippen molar-refractivity contribution in [3.8, 4) is 0 Å². The summed E-state index contributed by atoms with van der Waals surface area (Å²) >= 11 is 6.41. The van der Waals surface area contributed by atoms with Crippen molar-refractivity contribution in [1.82, 2.24) is 4.57 Å². The number of carbonyl (C=O) groups excluding carboxylic acids is 1. The Kier molecular flexibility index (Phi) is 6.65. The van der Waals surface area contributed by atoms with Gasteiger partial charge >= 0.3 is 5.97 Å². The zero-order valence-electron chi connectivity index (χ0n) is 18.2. The van der Waals surface area contributed by atoms with Gasteiger partial charge in [0.15, 0.2) is 4.80 Å². The third-order valence-electron chi connectivity index (χ3n) is 5.34. The molecule has 3 aromatic rings. The summed E-state index contributed by atoms with van der Waals surface area (Å²) in [5.74, 6) is -0.0564. The highest BCUT2D eigenvalue weighted by molar-refractivity contribution is 9.10. The van der Waals surface area contributed by atoms with Gasteiger partial charge in [0.25, 0.3) is 5.56 Å². The number of esters is 1. The van der Waals surface area contributed by atoms with Gasteiger partial charge in [0.2, 0.25) is 0 Å². The van der Waals surface area contributed by atoms with E-state index in [2.05, 4.69) is 46.9 Å². The number of hydrogen-bond acceptors (Lipinski definition) is 6. The van der Waals surface area contributed by atoms with E-state index in [1.165, 1.54) is 16.9 Å². The third-order valence-corrected chi connectivity index (χ3v) is 8.14. The van der Waals surface area contributed by atoms with Crippen molar-refractivity contribution in [1.29, 1.82) is 0 Å². The van der Waals surface area contributed by atoms with Gasteiger partial charge in [-0.3, -0.25) is 9.36 Å². The fraction of sp³-hybridized carbons (Fsp3) is 0.292. The smallest absolute Gasteiger partial charge is 0.338 e. The number of thiophene rings is 1. The van der Waals surface area contributed by atoms with Gasteiger partial charge in [0.05, 0.1) is 28.5 Å². The summed E-state index contributed by atoms with van der Waals surface area (Å²) < 4.78 is 8.49. The van der Waals surface area contributed by atoms with Gasteiger partial charge in [-0.15, -0.1) is 11.3 Å². The van der Waals surface area contributed by atoms with Crippen LogP contribution in [0.5, 0.6) is 0 Å². The fourth-order valence-corrected chi connectivity index (χ4v) is 6.22. The van der Waals surface area contributed by atoms with E-state index in [1.807, 2.05) is 29.7 Å². The average molecular weight is 531 g/mol. The third kappa shape index (κ3) is 4.19. The molecule has 0 spiro atoms. The molecule has 1 aliphatic heterocycles. The van der Waals surface area contributed by atoms with Crippen LogP contribution in [0.25, 0.3) is 6.08 Å². The highest BCUT2D eigenvalue weighted by atomic mass is 79.9. The van der Waals surface area contributed by atoms with Crippen LogP contribution in [-0.2, 0) is 9.53 Å². The molecular weight excluding hydrogens is 508 g/mol. The lowest BCUT2D eigenvalue weighted by molar-refractivity contribution is -0.139. The largest absolute Gasteiger partial charge is 0.463 e. The molecular formula is C24H23BrN2O3S2. The lowest BCUT2D eigenvalue weighted by Gasteiger charge is -2.25. The number of carbonyl (C=O) groups is 1. The minimum Gasteiger partial charge on any atom is -0.463 e. The molecule has 2 aromatic heterocycles. The Balaban J connectivity index is 1.95. The van der Waals surface area contributed by atoms with Gasteiger partial charge < -0.3 is 4.74 Å². The van der Waals surface area contributed by atoms with Crippen LogP contribution in [0, 0.1) is 0 Å². The Morgan fingerprint density at radius 1 is 1.28 bits per heavy atom. The second kappa shape index (κ2) is 9.29. The summed E-state index contributed by atoms with van der Waals surface area (Å²) in [5.41, 5.74) is 2.87. The first-order chi connectivity index (χ1) is 15.3. The predicted octanol–water partition coefficient (Wildman–Crippen LogP) is 4.75. The maximum atomic E-state index is 13.5. The number of ether oxygens (including phenoxy) is 1. The molecule has 0 bridgehead atoms. The molecule has 0 unspecified atom stereocenters. The van der Waals surface area contributed by atoms with Crippen molar-refractivity contribution in [2.24, 2.45) is 4.99 Å². The topological polar surface area (TPSA) is 60.7 Å². The Labute approximate surface area is 202 Å². The molecule has 1 atom stereocenters. The molecule has 4 rings (SSSR count). The Morgan fingerprint density at radius 3 is 2.59 bits per heavy atom. The molecule has 5 nitrogen and oxygen atoms in total. The van der Waals surface area contributed by atoms with E-state index in [0.29, 0.717) is 26.5 Å². The van der Waals surface area contributed by atoms with Crippen LogP contribution in [0.15, 0.2) is 61.2 Å². The second-order valence-electron chi connectivity index (χ2n) is 7.76. The molecule has 1 aromatic carbocycles. The number of thiazole rings is 1. The number of halogens is 1. The lowest BCUT2D eigenvalue weighted by atomic mass is 9.93. The zero-order chi connectivity index (χ0) is 23.0. The fourth-order valence-electron chi connectivity index (χ4n) is 3.70. The number of benzene rings is 1. The van der Waals surface area contributed by atoms with Crippen molar-refractivity contribution in [3.63, 3.8) is 0 Å². The van der Waals surface area contributed by atoms with E-state index in [0.717, 1.165) is 14.9 Å². The Hall–Kier alpha value is -2.29. The van der Waals surface area contributed by atoms with Gasteiger partial charge in [-0.05, 0) is 64.3 Å². The standard InChI is InChI=1S/C24H23BrN2O3S2/c1-5-30-23(29)20-14(4)26-24-27(21(20)16-8-6-15(7-9-16)13(2)3)22(28)19(32-24)12-18-17(25)10-11-31-18/h6-13,21H,5H2,1-4H3/t21-/m1/s1. The van der Waals surface area contributed by atoms with Crippen LogP contribution < -0.4 is 14.9 Å². The van der Waals surface area contributed by atoms with Crippen molar-refractivity contribution in [2.45, 2.75) is 39.7 Å². The van der Waals surface area contributed by atoms with Crippen LogP contribution in [0.4, 0.5) is 0 Å². The van der Waals surface area contributed by atoms with Crippen molar-refractivity contribution in [3.05, 3.63) is 87.1 Å². The minimum absolute atomic E-state index is 0.165. The molecule has 0 fully saturated rings. The van der Waals surface area contributed by atoms with Crippen LogP contribution in [0.3, 0.4) is 0 Å². The molecule has 166 valence electrons. The van der Waals surface area contributed by atoms with Crippen molar-refractivity contribution < 1.29 is 9.53 Å². The SMILES string of the molecule is CCOC(=O)C1=C(C)N=c2sc(=Cc3sccc3Br)c(=O)n2[C@@H]1c1ccc(C(C)C)cc1. The monoisotopic (exact) mass is 530 g/mol. The highest BCUT2D eigenvalue weighted by Crippen LogP contribution is 2.31. The molecule has 1 aliphatic rings. The number of rotatable bonds is 5. The minimum atomic E-state index is -0.583. The van der Waals surface area contributed by atoms with E-state index >= 15 is 0 Å². The lowest BCUT2D eigenvalue weighted by Crippen LogP contribution is -2.39. The zero-order valence-corrected chi connectivity index (χ0v) is 21.4. The normalized spacial score (nSPS) is 16.3. The highest BCUT2D eigenvalue weighted by Gasteiger charge is 2.33. The van der Waals surface area contributed by atoms with Gasteiger partial charge in [-0.1, -0.05) is 49.4 Å². The number of allylic oxidation sites excluding steroid dienone is 1. The van der Waals surface area contributed by atoms with E-state index in [9.17, 15) is 9.59 Å². The molecule has 0 aliphatic carbocycles. The van der Waals surface area contributed by atoms with Crippen LogP contribution in [0.1, 0.15) is 55.7 Å². The quantitative estimate of drug-likeness (QED) is 0.447. The first kappa shape index (κ1) is 22.9. The molecule has 0 saturated heterocycles. The number of hydrogen-bond donors (Lipinski definition) is 0. The molecule has 0 N–H and O–H groups in total. The number of aromatic nitrogens is 1. The Bertz CT molecular complexity index is 1380. The number of fused-ring (bicyclic) bond motifs is 1. The predicted molar refractivity (Wildman–Crippen MR) is 133 cm³/mol.